The second kappa shape index (κ2) is 7.15. The number of rotatable bonds is 3. The first-order valence-corrected chi connectivity index (χ1v) is 11.0. The van der Waals surface area contributed by atoms with Crippen molar-refractivity contribution in [3.63, 3.8) is 0 Å². The van der Waals surface area contributed by atoms with E-state index in [-0.39, 0.29) is 5.95 Å². The highest BCUT2D eigenvalue weighted by atomic mass is 32.1. The molecule has 0 radical (unpaired) electrons. The number of nitrogen functional groups attached to an aromatic ring is 1. The van der Waals surface area contributed by atoms with E-state index < -0.39 is 0 Å². The minimum absolute atomic E-state index is 0.277. The van der Waals surface area contributed by atoms with Gasteiger partial charge in [0, 0.05) is 32.2 Å². The Morgan fingerprint density at radius 1 is 0.710 bits per heavy atom. The molecule has 5 heteroatoms. The highest BCUT2D eigenvalue weighted by molar-refractivity contribution is 7.26. The van der Waals surface area contributed by atoms with Crippen molar-refractivity contribution in [1.29, 1.82) is 0 Å². The summed E-state index contributed by atoms with van der Waals surface area (Å²) in [7, 11) is 0. The van der Waals surface area contributed by atoms with Crippen LogP contribution < -0.4 is 5.73 Å². The van der Waals surface area contributed by atoms with Gasteiger partial charge in [-0.25, -0.2) is 15.0 Å². The van der Waals surface area contributed by atoms with Gasteiger partial charge in [-0.1, -0.05) is 66.7 Å². The molecule has 0 aliphatic carbocycles. The summed E-state index contributed by atoms with van der Waals surface area (Å²) in [6.07, 6.45) is 0.660. The summed E-state index contributed by atoms with van der Waals surface area (Å²) in [6.45, 7) is 0. The number of anilines is 1. The molecule has 0 saturated heterocycles. The number of nitrogens with zero attached hydrogens (tertiary/aromatic N) is 3. The molecule has 0 amide bonds. The van der Waals surface area contributed by atoms with Gasteiger partial charge in [0.2, 0.25) is 5.95 Å². The Kier molecular flexibility index (Phi) is 4.14. The normalized spacial score (nSPS) is 11.5. The van der Waals surface area contributed by atoms with E-state index in [0.29, 0.717) is 6.42 Å². The Morgan fingerprint density at radius 2 is 1.52 bits per heavy atom. The van der Waals surface area contributed by atoms with Gasteiger partial charge in [0.15, 0.2) is 0 Å². The molecule has 0 aliphatic heterocycles. The molecule has 0 aliphatic rings. The zero-order valence-corrected chi connectivity index (χ0v) is 17.4. The molecule has 0 fully saturated rings. The van der Waals surface area contributed by atoms with Crippen LogP contribution in [0.5, 0.6) is 0 Å². The van der Waals surface area contributed by atoms with E-state index >= 15 is 0 Å². The summed E-state index contributed by atoms with van der Waals surface area (Å²) in [5.41, 5.74) is 11.6. The molecule has 0 spiro atoms. The Hall–Kier alpha value is -3.83. The molecule has 3 aromatic carbocycles. The molecule has 6 aromatic rings. The molecule has 0 unspecified atom stereocenters. The fourth-order valence-electron chi connectivity index (χ4n) is 4.11. The van der Waals surface area contributed by atoms with Crippen molar-refractivity contribution in [3.05, 3.63) is 96.2 Å². The summed E-state index contributed by atoms with van der Waals surface area (Å²) in [5, 5.41) is 2.55. The predicted octanol–water partition coefficient (Wildman–Crippen LogP) is 6.23. The van der Waals surface area contributed by atoms with Gasteiger partial charge in [0.1, 0.15) is 5.52 Å². The van der Waals surface area contributed by atoms with E-state index in [1.165, 1.54) is 25.7 Å². The first kappa shape index (κ1) is 18.0. The Balaban J connectivity index is 1.56. The maximum atomic E-state index is 6.00. The molecule has 0 bridgehead atoms. The SMILES string of the molecule is Nc1nc(Cc2ccccc2)c2nc(-c3cccc4c3sc3ccccc34)ccc2n1. The smallest absolute Gasteiger partial charge is 0.220 e. The number of fused-ring (bicyclic) bond motifs is 4. The zero-order chi connectivity index (χ0) is 20.8. The standard InChI is InChI=1S/C26H18N4S/c27-26-29-21-14-13-20(28-24(21)22(30-26)15-16-7-2-1-3-8-16)19-11-6-10-18-17-9-4-5-12-23(17)31-25(18)19/h1-14H,15H2,(H2,27,29,30). The van der Waals surface area contributed by atoms with Crippen molar-refractivity contribution in [2.45, 2.75) is 6.42 Å². The zero-order valence-electron chi connectivity index (χ0n) is 16.6. The van der Waals surface area contributed by atoms with E-state index in [9.17, 15) is 0 Å². The lowest BCUT2D eigenvalue weighted by Crippen LogP contribution is -2.03. The maximum absolute atomic E-state index is 6.00. The van der Waals surface area contributed by atoms with Crippen LogP contribution in [0, 0.1) is 0 Å². The van der Waals surface area contributed by atoms with Gasteiger partial charge in [-0.3, -0.25) is 0 Å². The summed E-state index contributed by atoms with van der Waals surface area (Å²) in [5.74, 6) is 0.277. The third-order valence-corrected chi connectivity index (χ3v) is 6.75. The van der Waals surface area contributed by atoms with E-state index in [4.69, 9.17) is 10.7 Å². The minimum Gasteiger partial charge on any atom is -0.368 e. The van der Waals surface area contributed by atoms with Crippen molar-refractivity contribution in [1.82, 2.24) is 15.0 Å². The quantitative estimate of drug-likeness (QED) is 0.370. The van der Waals surface area contributed by atoms with Crippen LogP contribution in [0.2, 0.25) is 0 Å². The molecule has 0 saturated carbocycles. The van der Waals surface area contributed by atoms with Gasteiger partial charge < -0.3 is 5.73 Å². The van der Waals surface area contributed by atoms with Crippen LogP contribution in [-0.4, -0.2) is 15.0 Å². The molecular weight excluding hydrogens is 400 g/mol. The van der Waals surface area contributed by atoms with Gasteiger partial charge in [-0.2, -0.15) is 0 Å². The first-order chi connectivity index (χ1) is 15.3. The third kappa shape index (κ3) is 3.10. The number of thiophene rings is 1. The molecule has 148 valence electrons. The number of nitrogens with two attached hydrogens (primary N) is 1. The maximum Gasteiger partial charge on any atom is 0.220 e. The molecule has 3 heterocycles. The largest absolute Gasteiger partial charge is 0.368 e. The lowest BCUT2D eigenvalue weighted by atomic mass is 10.1. The van der Waals surface area contributed by atoms with Gasteiger partial charge in [0.25, 0.3) is 0 Å². The molecule has 0 atom stereocenters. The molecule has 6 rings (SSSR count). The molecule has 31 heavy (non-hydrogen) atoms. The van der Waals surface area contributed by atoms with E-state index in [1.807, 2.05) is 30.3 Å². The third-order valence-electron chi connectivity index (χ3n) is 5.53. The van der Waals surface area contributed by atoms with Crippen LogP contribution >= 0.6 is 11.3 Å². The fourth-order valence-corrected chi connectivity index (χ4v) is 5.33. The average molecular weight is 419 g/mol. The van der Waals surface area contributed by atoms with Crippen molar-refractivity contribution in [3.8, 4) is 11.3 Å². The lowest BCUT2D eigenvalue weighted by Gasteiger charge is -2.09. The molecule has 4 nitrogen and oxygen atoms in total. The second-order valence-corrected chi connectivity index (χ2v) is 8.59. The van der Waals surface area contributed by atoms with E-state index in [2.05, 4.69) is 64.6 Å². The highest BCUT2D eigenvalue weighted by Crippen LogP contribution is 2.39. The van der Waals surface area contributed by atoms with Gasteiger partial charge >= 0.3 is 0 Å². The Bertz CT molecular complexity index is 1570. The Morgan fingerprint density at radius 3 is 2.42 bits per heavy atom. The average Bonchev–Trinajstić information content (AvgIpc) is 3.18. The van der Waals surface area contributed by atoms with Crippen LogP contribution in [-0.2, 0) is 6.42 Å². The van der Waals surface area contributed by atoms with Crippen molar-refractivity contribution in [2.75, 3.05) is 5.73 Å². The van der Waals surface area contributed by atoms with Crippen molar-refractivity contribution < 1.29 is 0 Å². The van der Waals surface area contributed by atoms with Crippen LogP contribution in [0.4, 0.5) is 5.95 Å². The van der Waals surface area contributed by atoms with Gasteiger partial charge in [-0.15, -0.1) is 11.3 Å². The van der Waals surface area contributed by atoms with E-state index in [0.717, 1.165) is 28.0 Å². The van der Waals surface area contributed by atoms with Gasteiger partial charge in [0.05, 0.1) is 16.9 Å². The van der Waals surface area contributed by atoms with Crippen LogP contribution in [0.25, 0.3) is 42.5 Å². The molecular formula is C26H18N4S. The number of aromatic nitrogens is 3. The van der Waals surface area contributed by atoms with E-state index in [1.54, 1.807) is 11.3 Å². The molecule has 3 aromatic heterocycles. The first-order valence-electron chi connectivity index (χ1n) is 10.1. The number of pyridine rings is 1. The lowest BCUT2D eigenvalue weighted by molar-refractivity contribution is 1.06. The second-order valence-electron chi connectivity index (χ2n) is 7.54. The van der Waals surface area contributed by atoms with Crippen molar-refractivity contribution in [2.24, 2.45) is 0 Å². The predicted molar refractivity (Wildman–Crippen MR) is 129 cm³/mol. The summed E-state index contributed by atoms with van der Waals surface area (Å²) < 4.78 is 2.53. The number of hydrogen-bond acceptors (Lipinski definition) is 5. The van der Waals surface area contributed by atoms with Gasteiger partial charge in [-0.05, 0) is 23.8 Å². The summed E-state index contributed by atoms with van der Waals surface area (Å²) in [6, 6.07) is 29.2. The van der Waals surface area contributed by atoms with Crippen molar-refractivity contribution >= 4 is 48.5 Å². The fraction of sp³-hybridized carbons (Fsp3) is 0.0385. The topological polar surface area (TPSA) is 64.7 Å². The highest BCUT2D eigenvalue weighted by Gasteiger charge is 2.14. The monoisotopic (exact) mass is 418 g/mol. The summed E-state index contributed by atoms with van der Waals surface area (Å²) >= 11 is 1.81. The molecule has 2 N–H and O–H groups in total. The summed E-state index contributed by atoms with van der Waals surface area (Å²) in [4.78, 5) is 14.0. The number of benzene rings is 3. The van der Waals surface area contributed by atoms with Crippen LogP contribution in [0.3, 0.4) is 0 Å². The minimum atomic E-state index is 0.277. The van der Waals surface area contributed by atoms with Crippen LogP contribution in [0.15, 0.2) is 84.9 Å². The number of hydrogen-bond donors (Lipinski definition) is 1. The van der Waals surface area contributed by atoms with Crippen LogP contribution in [0.1, 0.15) is 11.3 Å². The Labute approximate surface area is 183 Å².